The molecule has 0 aromatic heterocycles. The SMILES string of the molecule is CC[Si](CC)(CC)OC1C(=O)N(C(=O)OC(C)(C)C)C1C(O)[Si](CC)(CC)CC. The highest BCUT2D eigenvalue weighted by atomic mass is 28.4. The summed E-state index contributed by atoms with van der Waals surface area (Å²) in [5.41, 5.74) is -1.42. The number of hydrogen-bond donors (Lipinski definition) is 1. The molecule has 8 heteroatoms. The van der Waals surface area contributed by atoms with E-state index >= 15 is 0 Å². The van der Waals surface area contributed by atoms with Crippen LogP contribution in [0.5, 0.6) is 0 Å². The standard InChI is InChI=1S/C21H43NO5Si2/c1-10-28(11-2,12-3)19(24)16-17(27-29(13-4,14-5)15-6)18(23)22(16)20(25)26-21(7,8)9/h16-17,19,24H,10-15H2,1-9H3. The molecule has 0 aliphatic carbocycles. The number of ether oxygens (including phenoxy) is 1. The molecule has 3 atom stereocenters. The van der Waals surface area contributed by atoms with Crippen LogP contribution in [0.4, 0.5) is 4.79 Å². The van der Waals surface area contributed by atoms with Crippen LogP contribution in [0.2, 0.25) is 36.3 Å². The maximum atomic E-state index is 13.0. The number of aliphatic hydroxyl groups excluding tert-OH is 1. The molecule has 0 aromatic rings. The largest absolute Gasteiger partial charge is 0.443 e. The molecule has 0 radical (unpaired) electrons. The molecule has 170 valence electrons. The van der Waals surface area contributed by atoms with Gasteiger partial charge in [0.2, 0.25) is 0 Å². The number of rotatable bonds is 10. The zero-order chi connectivity index (χ0) is 22.6. The Morgan fingerprint density at radius 2 is 1.45 bits per heavy atom. The van der Waals surface area contributed by atoms with E-state index in [2.05, 4.69) is 41.5 Å². The van der Waals surface area contributed by atoms with Crippen LogP contribution in [-0.4, -0.2) is 61.9 Å². The van der Waals surface area contributed by atoms with Gasteiger partial charge in [0.15, 0.2) is 8.32 Å². The molecule has 0 aromatic carbocycles. The van der Waals surface area contributed by atoms with Gasteiger partial charge in [0.25, 0.3) is 5.91 Å². The smallest absolute Gasteiger partial charge is 0.417 e. The lowest BCUT2D eigenvalue weighted by Crippen LogP contribution is -2.76. The Hall–Kier alpha value is -0.706. The first-order valence-corrected chi connectivity index (χ1v) is 16.6. The molecule has 2 amide bonds. The van der Waals surface area contributed by atoms with Crippen molar-refractivity contribution in [1.82, 2.24) is 4.90 Å². The Morgan fingerprint density at radius 1 is 1.00 bits per heavy atom. The van der Waals surface area contributed by atoms with Crippen LogP contribution in [0.25, 0.3) is 0 Å². The van der Waals surface area contributed by atoms with E-state index in [1.807, 2.05) is 0 Å². The molecule has 6 nitrogen and oxygen atoms in total. The first-order valence-electron chi connectivity index (χ1n) is 11.3. The van der Waals surface area contributed by atoms with Crippen molar-refractivity contribution in [2.75, 3.05) is 0 Å². The third-order valence-corrected chi connectivity index (χ3v) is 17.5. The van der Waals surface area contributed by atoms with Crippen LogP contribution >= 0.6 is 0 Å². The summed E-state index contributed by atoms with van der Waals surface area (Å²) in [6, 6.07) is 4.81. The molecule has 1 saturated heterocycles. The van der Waals surface area contributed by atoms with Gasteiger partial charge in [-0.25, -0.2) is 9.69 Å². The van der Waals surface area contributed by atoms with Crippen LogP contribution in [0, 0.1) is 0 Å². The van der Waals surface area contributed by atoms with Crippen molar-refractivity contribution in [3.8, 4) is 0 Å². The number of amides is 2. The Morgan fingerprint density at radius 3 is 1.79 bits per heavy atom. The zero-order valence-electron chi connectivity index (χ0n) is 20.0. The van der Waals surface area contributed by atoms with Crippen molar-refractivity contribution in [2.45, 2.75) is 122 Å². The summed E-state index contributed by atoms with van der Waals surface area (Å²) in [6.07, 6.45) is -1.41. The summed E-state index contributed by atoms with van der Waals surface area (Å²) in [7, 11) is -4.16. The van der Waals surface area contributed by atoms with E-state index in [0.29, 0.717) is 0 Å². The van der Waals surface area contributed by atoms with Crippen molar-refractivity contribution >= 4 is 28.4 Å². The molecule has 0 bridgehead atoms. The second-order valence-corrected chi connectivity index (χ2v) is 19.5. The number of β-lactam (4-membered cyclic amide) rings is 1. The number of nitrogens with zero attached hydrogens (tertiary/aromatic N) is 1. The van der Waals surface area contributed by atoms with Crippen LogP contribution in [0.15, 0.2) is 0 Å². The van der Waals surface area contributed by atoms with Gasteiger partial charge < -0.3 is 14.3 Å². The lowest BCUT2D eigenvalue weighted by molar-refractivity contribution is -0.167. The zero-order valence-corrected chi connectivity index (χ0v) is 22.0. The van der Waals surface area contributed by atoms with Gasteiger partial charge in [-0.3, -0.25) is 4.79 Å². The monoisotopic (exact) mass is 445 g/mol. The number of hydrogen-bond acceptors (Lipinski definition) is 5. The van der Waals surface area contributed by atoms with E-state index in [0.717, 1.165) is 41.2 Å². The molecule has 1 aliphatic rings. The third-order valence-electron chi connectivity index (χ3n) is 7.05. The molecule has 29 heavy (non-hydrogen) atoms. The number of carbonyl (C=O) groups is 2. The minimum atomic E-state index is -2.09. The molecular weight excluding hydrogens is 402 g/mol. The average Bonchev–Trinajstić information content (AvgIpc) is 2.67. The van der Waals surface area contributed by atoms with E-state index in [4.69, 9.17) is 9.16 Å². The van der Waals surface area contributed by atoms with Gasteiger partial charge in [0.05, 0.1) is 13.8 Å². The Kier molecular flexibility index (Phi) is 9.14. The maximum absolute atomic E-state index is 13.0. The van der Waals surface area contributed by atoms with Gasteiger partial charge in [-0.15, -0.1) is 0 Å². The molecule has 1 fully saturated rings. The fraction of sp³-hybridized carbons (Fsp3) is 0.905. The quantitative estimate of drug-likeness (QED) is 0.381. The Bertz CT molecular complexity index is 553. The first-order chi connectivity index (χ1) is 13.4. The lowest BCUT2D eigenvalue weighted by Gasteiger charge is -2.53. The summed E-state index contributed by atoms with van der Waals surface area (Å²) in [5.74, 6) is -0.360. The van der Waals surface area contributed by atoms with Crippen LogP contribution < -0.4 is 0 Å². The fourth-order valence-corrected chi connectivity index (χ4v) is 11.0. The third kappa shape index (κ3) is 5.32. The molecule has 1 heterocycles. The van der Waals surface area contributed by atoms with Crippen molar-refractivity contribution in [3.05, 3.63) is 0 Å². The average molecular weight is 446 g/mol. The second kappa shape index (κ2) is 10.1. The number of imide groups is 1. The highest BCUT2D eigenvalue weighted by molar-refractivity contribution is 6.81. The normalized spacial score (nSPS) is 21.7. The highest BCUT2D eigenvalue weighted by Crippen LogP contribution is 2.38. The molecule has 1 rings (SSSR count). The van der Waals surface area contributed by atoms with Gasteiger partial charge >= 0.3 is 6.09 Å². The number of aliphatic hydroxyl groups is 1. The highest BCUT2D eigenvalue weighted by Gasteiger charge is 2.61. The van der Waals surface area contributed by atoms with Crippen LogP contribution in [0.3, 0.4) is 0 Å². The van der Waals surface area contributed by atoms with E-state index < -0.39 is 46.0 Å². The van der Waals surface area contributed by atoms with Gasteiger partial charge in [0, 0.05) is 0 Å². The summed E-state index contributed by atoms with van der Waals surface area (Å²) < 4.78 is 12.0. The van der Waals surface area contributed by atoms with Gasteiger partial charge in [0.1, 0.15) is 17.7 Å². The van der Waals surface area contributed by atoms with Gasteiger partial charge in [-0.2, -0.15) is 0 Å². The van der Waals surface area contributed by atoms with Crippen molar-refractivity contribution in [1.29, 1.82) is 0 Å². The fourth-order valence-electron chi connectivity index (χ4n) is 4.44. The summed E-state index contributed by atoms with van der Waals surface area (Å²) in [4.78, 5) is 27.0. The summed E-state index contributed by atoms with van der Waals surface area (Å²) >= 11 is 0. The van der Waals surface area contributed by atoms with Crippen molar-refractivity contribution in [3.63, 3.8) is 0 Å². The molecular formula is C21H43NO5Si2. The Labute approximate surface area is 179 Å². The number of likely N-dealkylation sites (tertiary alicyclic amines) is 1. The maximum Gasteiger partial charge on any atom is 0.417 e. The molecule has 1 aliphatic heterocycles. The molecule has 0 saturated carbocycles. The van der Waals surface area contributed by atoms with Gasteiger partial charge in [-0.1, -0.05) is 59.7 Å². The van der Waals surface area contributed by atoms with E-state index in [1.54, 1.807) is 20.8 Å². The van der Waals surface area contributed by atoms with Crippen molar-refractivity contribution < 1.29 is 23.9 Å². The van der Waals surface area contributed by atoms with Gasteiger partial charge in [-0.05, 0) is 38.9 Å². The van der Waals surface area contributed by atoms with E-state index in [9.17, 15) is 14.7 Å². The van der Waals surface area contributed by atoms with Crippen LogP contribution in [0.1, 0.15) is 62.3 Å². The topological polar surface area (TPSA) is 76.1 Å². The molecule has 3 unspecified atom stereocenters. The Balaban J connectivity index is 3.32. The molecule has 0 spiro atoms. The van der Waals surface area contributed by atoms with Crippen LogP contribution in [-0.2, 0) is 14.0 Å². The minimum absolute atomic E-state index is 0.360. The van der Waals surface area contributed by atoms with E-state index in [1.165, 1.54) is 0 Å². The lowest BCUT2D eigenvalue weighted by atomic mass is 9.99. The summed E-state index contributed by atoms with van der Waals surface area (Å²) in [5, 5.41) is 11.5. The number of carbonyl (C=O) groups excluding carboxylic acids is 2. The van der Waals surface area contributed by atoms with Crippen molar-refractivity contribution in [2.24, 2.45) is 0 Å². The molecule has 1 N–H and O–H groups in total. The van der Waals surface area contributed by atoms with E-state index in [-0.39, 0.29) is 5.91 Å². The predicted octanol–water partition coefficient (Wildman–Crippen LogP) is 4.93. The predicted molar refractivity (Wildman–Crippen MR) is 122 cm³/mol. The summed E-state index contributed by atoms with van der Waals surface area (Å²) in [6.45, 7) is 18.0. The minimum Gasteiger partial charge on any atom is -0.443 e. The second-order valence-electron chi connectivity index (χ2n) is 9.33. The first kappa shape index (κ1) is 26.3.